The van der Waals surface area contributed by atoms with Crippen molar-refractivity contribution in [2.75, 3.05) is 13.1 Å². The van der Waals surface area contributed by atoms with Crippen molar-refractivity contribution in [1.29, 1.82) is 0 Å². The molecule has 18 heavy (non-hydrogen) atoms. The van der Waals surface area contributed by atoms with Gasteiger partial charge in [0.2, 0.25) is 0 Å². The van der Waals surface area contributed by atoms with Crippen molar-refractivity contribution in [2.45, 2.75) is 77.9 Å². The van der Waals surface area contributed by atoms with Crippen LogP contribution in [-0.2, 0) is 0 Å². The van der Waals surface area contributed by atoms with Crippen molar-refractivity contribution in [3.63, 3.8) is 0 Å². The van der Waals surface area contributed by atoms with Gasteiger partial charge in [0.15, 0.2) is 0 Å². The minimum atomic E-state index is 0.672. The summed E-state index contributed by atoms with van der Waals surface area (Å²) < 4.78 is 0. The molecule has 4 unspecified atom stereocenters. The highest BCUT2D eigenvalue weighted by atomic mass is 15.2. The van der Waals surface area contributed by atoms with Crippen LogP contribution in [0.2, 0.25) is 0 Å². The molecule has 0 spiro atoms. The Morgan fingerprint density at radius 3 is 2.56 bits per heavy atom. The Morgan fingerprint density at radius 1 is 1.06 bits per heavy atom. The van der Waals surface area contributed by atoms with E-state index in [9.17, 15) is 0 Å². The Balaban J connectivity index is 1.92. The van der Waals surface area contributed by atoms with Crippen LogP contribution in [0.25, 0.3) is 0 Å². The molecule has 0 radical (unpaired) electrons. The smallest absolute Gasteiger partial charge is 0.0196 e. The van der Waals surface area contributed by atoms with Crippen LogP contribution in [0.15, 0.2) is 0 Å². The lowest BCUT2D eigenvalue weighted by atomic mass is 9.89. The minimum absolute atomic E-state index is 0.672. The number of hydrogen-bond donors (Lipinski definition) is 1. The Morgan fingerprint density at radius 2 is 1.83 bits per heavy atom. The molecule has 1 saturated heterocycles. The molecule has 2 rings (SSSR count). The molecule has 2 fully saturated rings. The summed E-state index contributed by atoms with van der Waals surface area (Å²) in [6.45, 7) is 11.9. The first-order valence-corrected chi connectivity index (χ1v) is 8.07. The highest BCUT2D eigenvalue weighted by Crippen LogP contribution is 2.31. The molecule has 0 bridgehead atoms. The second-order valence-corrected chi connectivity index (χ2v) is 7.02. The van der Waals surface area contributed by atoms with E-state index in [-0.39, 0.29) is 0 Å². The monoisotopic (exact) mass is 252 g/mol. The molecule has 1 saturated carbocycles. The van der Waals surface area contributed by atoms with Crippen molar-refractivity contribution in [3.05, 3.63) is 0 Å². The molecule has 0 aromatic carbocycles. The fraction of sp³-hybridized carbons (Fsp3) is 1.00. The van der Waals surface area contributed by atoms with Gasteiger partial charge in [-0.15, -0.1) is 0 Å². The van der Waals surface area contributed by atoms with Crippen molar-refractivity contribution >= 4 is 0 Å². The lowest BCUT2D eigenvalue weighted by Gasteiger charge is -2.42. The van der Waals surface area contributed by atoms with Gasteiger partial charge in [0.25, 0.3) is 0 Å². The number of piperazine rings is 1. The van der Waals surface area contributed by atoms with Crippen molar-refractivity contribution in [2.24, 2.45) is 11.8 Å². The molecular weight excluding hydrogens is 220 g/mol. The quantitative estimate of drug-likeness (QED) is 0.759. The average molecular weight is 252 g/mol. The van der Waals surface area contributed by atoms with E-state index in [0.717, 1.165) is 23.9 Å². The lowest BCUT2D eigenvalue weighted by Crippen LogP contribution is -2.57. The fourth-order valence-corrected chi connectivity index (χ4v) is 3.87. The van der Waals surface area contributed by atoms with Crippen LogP contribution in [0, 0.1) is 11.8 Å². The molecule has 1 heterocycles. The predicted molar refractivity (Wildman–Crippen MR) is 78.8 cm³/mol. The van der Waals surface area contributed by atoms with Crippen LogP contribution < -0.4 is 5.32 Å². The first-order valence-electron chi connectivity index (χ1n) is 8.07. The lowest BCUT2D eigenvalue weighted by molar-refractivity contribution is 0.0851. The molecule has 4 atom stereocenters. The highest BCUT2D eigenvalue weighted by Gasteiger charge is 2.30. The molecule has 106 valence electrons. The Labute approximate surface area is 114 Å². The zero-order valence-corrected chi connectivity index (χ0v) is 12.8. The second kappa shape index (κ2) is 6.38. The normalized spacial score (nSPS) is 39.8. The first-order chi connectivity index (χ1) is 8.58. The summed E-state index contributed by atoms with van der Waals surface area (Å²) in [6, 6.07) is 2.25. The van der Waals surface area contributed by atoms with Gasteiger partial charge < -0.3 is 5.32 Å². The van der Waals surface area contributed by atoms with Gasteiger partial charge in [-0.25, -0.2) is 0 Å². The van der Waals surface area contributed by atoms with Crippen molar-refractivity contribution in [3.8, 4) is 0 Å². The van der Waals surface area contributed by atoms with Gasteiger partial charge in [0.1, 0.15) is 0 Å². The van der Waals surface area contributed by atoms with E-state index in [2.05, 4.69) is 37.9 Å². The molecule has 0 aromatic rings. The van der Waals surface area contributed by atoms with Crippen LogP contribution in [-0.4, -0.2) is 36.1 Å². The topological polar surface area (TPSA) is 15.3 Å². The number of nitrogens with zero attached hydrogens (tertiary/aromatic N) is 1. The van der Waals surface area contributed by atoms with Gasteiger partial charge in [-0.3, -0.25) is 4.90 Å². The SMILES string of the molecule is CC1CN(C2CCCC(C(C)C)CC2)C(C)CN1. The Bertz CT molecular complexity index is 251. The minimum Gasteiger partial charge on any atom is -0.311 e. The van der Waals surface area contributed by atoms with E-state index in [0.29, 0.717) is 6.04 Å². The third-order valence-corrected chi connectivity index (χ3v) is 5.21. The number of hydrogen-bond acceptors (Lipinski definition) is 2. The van der Waals surface area contributed by atoms with Crippen molar-refractivity contribution in [1.82, 2.24) is 10.2 Å². The van der Waals surface area contributed by atoms with E-state index >= 15 is 0 Å². The summed E-state index contributed by atoms with van der Waals surface area (Å²) in [7, 11) is 0. The van der Waals surface area contributed by atoms with Gasteiger partial charge in [-0.1, -0.05) is 26.7 Å². The zero-order valence-electron chi connectivity index (χ0n) is 12.8. The van der Waals surface area contributed by atoms with Gasteiger partial charge in [0, 0.05) is 31.2 Å². The van der Waals surface area contributed by atoms with Gasteiger partial charge >= 0.3 is 0 Å². The number of nitrogens with one attached hydrogen (secondary N) is 1. The summed E-state index contributed by atoms with van der Waals surface area (Å²) in [4.78, 5) is 2.80. The largest absolute Gasteiger partial charge is 0.311 e. The molecule has 0 amide bonds. The summed E-state index contributed by atoms with van der Waals surface area (Å²) in [6.07, 6.45) is 7.22. The molecule has 0 aromatic heterocycles. The zero-order chi connectivity index (χ0) is 13.1. The van der Waals surface area contributed by atoms with Gasteiger partial charge in [0.05, 0.1) is 0 Å². The molecule has 2 nitrogen and oxygen atoms in total. The third-order valence-electron chi connectivity index (χ3n) is 5.21. The summed E-state index contributed by atoms with van der Waals surface area (Å²) in [5, 5.41) is 3.60. The maximum atomic E-state index is 3.60. The Kier molecular flexibility index (Phi) is 5.08. The number of rotatable bonds is 2. The van der Waals surface area contributed by atoms with Crippen LogP contribution in [0.4, 0.5) is 0 Å². The van der Waals surface area contributed by atoms with E-state index in [4.69, 9.17) is 0 Å². The van der Waals surface area contributed by atoms with Crippen molar-refractivity contribution < 1.29 is 0 Å². The van der Waals surface area contributed by atoms with E-state index in [1.54, 1.807) is 0 Å². The molecule has 2 aliphatic rings. The van der Waals surface area contributed by atoms with Gasteiger partial charge in [-0.05, 0) is 44.9 Å². The van der Waals surface area contributed by atoms with Gasteiger partial charge in [-0.2, -0.15) is 0 Å². The standard InChI is InChI=1S/C16H32N2/c1-12(2)15-6-5-7-16(9-8-15)18-11-13(3)17-10-14(18)4/h12-17H,5-11H2,1-4H3. The molecule has 1 aliphatic heterocycles. The molecule has 1 N–H and O–H groups in total. The summed E-state index contributed by atoms with van der Waals surface area (Å²) in [5.74, 6) is 1.86. The molecular formula is C16H32N2. The first kappa shape index (κ1) is 14.3. The highest BCUT2D eigenvalue weighted by molar-refractivity contribution is 4.88. The summed E-state index contributed by atoms with van der Waals surface area (Å²) in [5.41, 5.74) is 0. The van der Waals surface area contributed by atoms with E-state index < -0.39 is 0 Å². The maximum absolute atomic E-state index is 3.60. The third kappa shape index (κ3) is 3.48. The van der Waals surface area contributed by atoms with E-state index in [1.165, 1.54) is 45.2 Å². The summed E-state index contributed by atoms with van der Waals surface area (Å²) >= 11 is 0. The van der Waals surface area contributed by atoms with Crippen LogP contribution in [0.3, 0.4) is 0 Å². The van der Waals surface area contributed by atoms with E-state index in [1.807, 2.05) is 0 Å². The molecule has 2 heteroatoms. The Hall–Kier alpha value is -0.0800. The molecule has 1 aliphatic carbocycles. The average Bonchev–Trinajstić information content (AvgIpc) is 2.58. The fourth-order valence-electron chi connectivity index (χ4n) is 3.87. The predicted octanol–water partition coefficient (Wildman–Crippen LogP) is 3.27. The van der Waals surface area contributed by atoms with Crippen LogP contribution in [0.5, 0.6) is 0 Å². The maximum Gasteiger partial charge on any atom is 0.0196 e. The second-order valence-electron chi connectivity index (χ2n) is 7.02. The van der Waals surface area contributed by atoms with Crippen LogP contribution >= 0.6 is 0 Å². The van der Waals surface area contributed by atoms with Crippen LogP contribution in [0.1, 0.15) is 59.8 Å².